The van der Waals surface area contributed by atoms with E-state index < -0.39 is 10.8 Å². The van der Waals surface area contributed by atoms with Gasteiger partial charge in [-0.2, -0.15) is 0 Å². The van der Waals surface area contributed by atoms with Crippen LogP contribution in [-0.2, 0) is 17.3 Å². The van der Waals surface area contributed by atoms with Crippen molar-refractivity contribution in [3.63, 3.8) is 0 Å². The standard InChI is InChI=1S/C16H27N3O2S/c1-3-17-16(18-12-14-8-6-10-21-14)19-13-7-5-9-15(11-13)22(20)4-2/h6,8,10,13,15H,3-5,7,9,11-12H2,1-2H3,(H2,17,18,19). The van der Waals surface area contributed by atoms with Crippen LogP contribution in [-0.4, -0.2) is 33.8 Å². The summed E-state index contributed by atoms with van der Waals surface area (Å²) in [6, 6.07) is 4.15. The Labute approximate surface area is 135 Å². The smallest absolute Gasteiger partial charge is 0.191 e. The Morgan fingerprint density at radius 3 is 3.00 bits per heavy atom. The van der Waals surface area contributed by atoms with E-state index in [0.29, 0.717) is 17.8 Å². The maximum Gasteiger partial charge on any atom is 0.191 e. The fraction of sp³-hybridized carbons (Fsp3) is 0.688. The first kappa shape index (κ1) is 17.1. The largest absolute Gasteiger partial charge is 0.467 e. The molecule has 22 heavy (non-hydrogen) atoms. The summed E-state index contributed by atoms with van der Waals surface area (Å²) in [6.45, 7) is 5.41. The summed E-state index contributed by atoms with van der Waals surface area (Å²) in [5.74, 6) is 2.42. The van der Waals surface area contributed by atoms with Crippen LogP contribution in [0.25, 0.3) is 0 Å². The molecule has 1 fully saturated rings. The van der Waals surface area contributed by atoms with E-state index in [1.165, 1.54) is 0 Å². The van der Waals surface area contributed by atoms with Crippen LogP contribution in [0, 0.1) is 0 Å². The minimum Gasteiger partial charge on any atom is -0.467 e. The van der Waals surface area contributed by atoms with Crippen LogP contribution in [0.1, 0.15) is 45.3 Å². The summed E-state index contributed by atoms with van der Waals surface area (Å²) >= 11 is 0. The quantitative estimate of drug-likeness (QED) is 0.623. The third kappa shape index (κ3) is 5.16. The van der Waals surface area contributed by atoms with Crippen molar-refractivity contribution in [2.24, 2.45) is 4.99 Å². The van der Waals surface area contributed by atoms with E-state index in [0.717, 1.165) is 49.7 Å². The van der Waals surface area contributed by atoms with Crippen LogP contribution < -0.4 is 10.6 Å². The predicted octanol–water partition coefficient (Wildman–Crippen LogP) is 2.41. The molecule has 3 unspecified atom stereocenters. The Morgan fingerprint density at radius 1 is 1.45 bits per heavy atom. The van der Waals surface area contributed by atoms with Gasteiger partial charge < -0.3 is 15.1 Å². The molecule has 1 aliphatic rings. The molecule has 1 saturated carbocycles. The van der Waals surface area contributed by atoms with Crippen LogP contribution in [0.5, 0.6) is 0 Å². The molecule has 0 spiro atoms. The maximum atomic E-state index is 12.0. The van der Waals surface area contributed by atoms with E-state index in [1.54, 1.807) is 6.26 Å². The van der Waals surface area contributed by atoms with Gasteiger partial charge in [0.25, 0.3) is 0 Å². The molecule has 0 aromatic carbocycles. The molecular formula is C16H27N3O2S. The van der Waals surface area contributed by atoms with Crippen molar-refractivity contribution in [3.05, 3.63) is 24.2 Å². The maximum absolute atomic E-state index is 12.0. The molecule has 2 N–H and O–H groups in total. The van der Waals surface area contributed by atoms with Crippen LogP contribution >= 0.6 is 0 Å². The zero-order valence-electron chi connectivity index (χ0n) is 13.5. The topological polar surface area (TPSA) is 66.6 Å². The van der Waals surface area contributed by atoms with Gasteiger partial charge in [-0.05, 0) is 38.3 Å². The average Bonchev–Trinajstić information content (AvgIpc) is 3.06. The van der Waals surface area contributed by atoms with Crippen molar-refractivity contribution < 1.29 is 8.63 Å². The molecule has 0 bridgehead atoms. The molecule has 124 valence electrons. The molecule has 0 aliphatic heterocycles. The number of nitrogens with one attached hydrogen (secondary N) is 2. The molecule has 0 radical (unpaired) electrons. The highest BCUT2D eigenvalue weighted by Gasteiger charge is 2.25. The third-order valence-electron chi connectivity index (χ3n) is 3.94. The van der Waals surface area contributed by atoms with Gasteiger partial charge in [0, 0.05) is 34.4 Å². The summed E-state index contributed by atoms with van der Waals surface area (Å²) in [7, 11) is -0.696. The SMILES string of the molecule is CCNC(=NCc1ccco1)NC1CCCC(S(=O)CC)C1. The van der Waals surface area contributed by atoms with Crippen molar-refractivity contribution in [1.29, 1.82) is 0 Å². The van der Waals surface area contributed by atoms with Gasteiger partial charge in [0.05, 0.1) is 6.26 Å². The molecular weight excluding hydrogens is 298 g/mol. The fourth-order valence-corrected chi connectivity index (χ4v) is 4.17. The number of hydrogen-bond acceptors (Lipinski definition) is 3. The Morgan fingerprint density at radius 2 is 2.32 bits per heavy atom. The van der Waals surface area contributed by atoms with Crippen molar-refractivity contribution in [2.45, 2.75) is 57.4 Å². The summed E-state index contributed by atoms with van der Waals surface area (Å²) < 4.78 is 17.3. The Hall–Kier alpha value is -1.30. The lowest BCUT2D eigenvalue weighted by Gasteiger charge is -2.30. The summed E-state index contributed by atoms with van der Waals surface area (Å²) in [5, 5.41) is 7.09. The highest BCUT2D eigenvalue weighted by molar-refractivity contribution is 7.85. The van der Waals surface area contributed by atoms with Crippen molar-refractivity contribution in [1.82, 2.24) is 10.6 Å². The number of guanidine groups is 1. The molecule has 0 saturated heterocycles. The summed E-state index contributed by atoms with van der Waals surface area (Å²) in [6.07, 6.45) is 5.95. The number of furan rings is 1. The minimum atomic E-state index is -0.696. The molecule has 5 nitrogen and oxygen atoms in total. The molecule has 2 rings (SSSR count). The van der Waals surface area contributed by atoms with E-state index in [1.807, 2.05) is 19.1 Å². The van der Waals surface area contributed by atoms with Crippen molar-refractivity contribution in [3.8, 4) is 0 Å². The average molecular weight is 325 g/mol. The molecule has 1 aromatic heterocycles. The number of nitrogens with zero attached hydrogens (tertiary/aromatic N) is 1. The van der Waals surface area contributed by atoms with E-state index in [9.17, 15) is 4.21 Å². The number of aliphatic imine (C=N–C) groups is 1. The normalized spacial score (nSPS) is 24.0. The van der Waals surface area contributed by atoms with Crippen molar-refractivity contribution >= 4 is 16.8 Å². The van der Waals surface area contributed by atoms with Gasteiger partial charge in [-0.1, -0.05) is 13.3 Å². The first-order chi connectivity index (χ1) is 10.7. The van der Waals surface area contributed by atoms with Gasteiger partial charge in [0.1, 0.15) is 12.3 Å². The third-order valence-corrected chi connectivity index (χ3v) is 5.68. The van der Waals surface area contributed by atoms with Gasteiger partial charge in [0.15, 0.2) is 5.96 Å². The van der Waals surface area contributed by atoms with Gasteiger partial charge in [-0.15, -0.1) is 0 Å². The van der Waals surface area contributed by atoms with E-state index in [4.69, 9.17) is 4.42 Å². The highest BCUT2D eigenvalue weighted by atomic mass is 32.2. The highest BCUT2D eigenvalue weighted by Crippen LogP contribution is 2.23. The Kier molecular flexibility index (Phi) is 6.96. The van der Waals surface area contributed by atoms with Crippen LogP contribution in [0.2, 0.25) is 0 Å². The zero-order chi connectivity index (χ0) is 15.8. The lowest BCUT2D eigenvalue weighted by Crippen LogP contribution is -2.46. The molecule has 3 atom stereocenters. The monoisotopic (exact) mass is 325 g/mol. The fourth-order valence-electron chi connectivity index (χ4n) is 2.82. The number of rotatable bonds is 6. The second kappa shape index (κ2) is 8.98. The van der Waals surface area contributed by atoms with Gasteiger partial charge in [0.2, 0.25) is 0 Å². The van der Waals surface area contributed by atoms with Crippen LogP contribution in [0.15, 0.2) is 27.8 Å². The lowest BCUT2D eigenvalue weighted by molar-refractivity contribution is 0.413. The Balaban J connectivity index is 1.92. The van der Waals surface area contributed by atoms with Crippen LogP contribution in [0.3, 0.4) is 0 Å². The van der Waals surface area contributed by atoms with Gasteiger partial charge >= 0.3 is 0 Å². The van der Waals surface area contributed by atoms with E-state index in [-0.39, 0.29) is 0 Å². The second-order valence-electron chi connectivity index (χ2n) is 5.57. The molecule has 1 aliphatic carbocycles. The van der Waals surface area contributed by atoms with Crippen molar-refractivity contribution in [2.75, 3.05) is 12.3 Å². The molecule has 1 heterocycles. The zero-order valence-corrected chi connectivity index (χ0v) is 14.3. The van der Waals surface area contributed by atoms with Crippen LogP contribution in [0.4, 0.5) is 0 Å². The Bertz CT molecular complexity index is 488. The second-order valence-corrected chi connectivity index (χ2v) is 7.58. The van der Waals surface area contributed by atoms with Gasteiger partial charge in [-0.25, -0.2) is 4.99 Å². The van der Waals surface area contributed by atoms with E-state index >= 15 is 0 Å². The van der Waals surface area contributed by atoms with E-state index in [2.05, 4.69) is 22.5 Å². The molecule has 6 heteroatoms. The minimum absolute atomic E-state index is 0.323. The first-order valence-electron chi connectivity index (χ1n) is 8.17. The predicted molar refractivity (Wildman–Crippen MR) is 91.4 cm³/mol. The molecule has 0 amide bonds. The molecule has 1 aromatic rings. The summed E-state index contributed by atoms with van der Waals surface area (Å²) in [5.41, 5.74) is 0. The number of hydrogen-bond donors (Lipinski definition) is 2. The lowest BCUT2D eigenvalue weighted by atomic mass is 9.95. The first-order valence-corrected chi connectivity index (χ1v) is 9.55. The van der Waals surface area contributed by atoms with Gasteiger partial charge in [-0.3, -0.25) is 4.21 Å². The summed E-state index contributed by atoms with van der Waals surface area (Å²) in [4.78, 5) is 4.56.